The third-order valence-corrected chi connectivity index (χ3v) is 2.43. The first-order valence-electron chi connectivity index (χ1n) is 4.44. The van der Waals surface area contributed by atoms with Crippen LogP contribution in [0.15, 0.2) is 41.3 Å². The Morgan fingerprint density at radius 3 is 2.71 bits per heavy atom. The molecule has 2 nitrogen and oxygen atoms in total. The van der Waals surface area contributed by atoms with Crippen molar-refractivity contribution in [2.45, 2.75) is 12.4 Å². The maximum atomic E-state index is 11.5. The Hall–Kier alpha value is -1.28. The van der Waals surface area contributed by atoms with Crippen LogP contribution in [0.3, 0.4) is 0 Å². The molecule has 1 aromatic heterocycles. The maximum absolute atomic E-state index is 11.5. The number of alkyl halides is 1. The van der Waals surface area contributed by atoms with Crippen LogP contribution in [0.4, 0.5) is 0 Å². The Balaban J connectivity index is 2.89. The maximum Gasteiger partial charge on any atom is 0.189 e. The fourth-order valence-electron chi connectivity index (χ4n) is 1.54. The molecule has 1 unspecified atom stereocenters. The molecule has 1 atom stereocenters. The molecule has 14 heavy (non-hydrogen) atoms. The summed E-state index contributed by atoms with van der Waals surface area (Å²) in [7, 11) is 0. The van der Waals surface area contributed by atoms with Gasteiger partial charge in [0, 0.05) is 17.6 Å². The average Bonchev–Trinajstić information content (AvgIpc) is 2.18. The van der Waals surface area contributed by atoms with Crippen LogP contribution in [0.1, 0.15) is 12.4 Å². The Kier molecular flexibility index (Phi) is 2.30. The van der Waals surface area contributed by atoms with E-state index in [0.717, 1.165) is 5.52 Å². The largest absolute Gasteiger partial charge is 0.331 e. The van der Waals surface area contributed by atoms with Crippen LogP contribution < -0.4 is 5.43 Å². The van der Waals surface area contributed by atoms with E-state index >= 15 is 0 Å². The number of fused-ring (bicyclic) bond motifs is 1. The van der Waals surface area contributed by atoms with Gasteiger partial charge in [0.1, 0.15) is 5.50 Å². The Morgan fingerprint density at radius 2 is 2.00 bits per heavy atom. The first kappa shape index (κ1) is 9.28. The number of hydrogen-bond acceptors (Lipinski definition) is 1. The molecule has 2 aromatic rings. The number of aromatic nitrogens is 1. The van der Waals surface area contributed by atoms with Crippen molar-refractivity contribution in [2.24, 2.45) is 0 Å². The minimum Gasteiger partial charge on any atom is -0.331 e. The topological polar surface area (TPSA) is 22.0 Å². The van der Waals surface area contributed by atoms with Gasteiger partial charge in [-0.05, 0) is 19.1 Å². The van der Waals surface area contributed by atoms with Gasteiger partial charge in [-0.3, -0.25) is 4.79 Å². The molecule has 0 aliphatic carbocycles. The van der Waals surface area contributed by atoms with Gasteiger partial charge in [-0.1, -0.05) is 23.7 Å². The Morgan fingerprint density at radius 1 is 1.29 bits per heavy atom. The highest BCUT2D eigenvalue weighted by Crippen LogP contribution is 2.17. The minimum absolute atomic E-state index is 0.0363. The molecule has 72 valence electrons. The SMILES string of the molecule is CC(Cl)n1ccc(=O)c2ccccc21. The highest BCUT2D eigenvalue weighted by molar-refractivity contribution is 6.19. The second-order valence-corrected chi connectivity index (χ2v) is 3.81. The predicted octanol–water partition coefficient (Wildman–Crippen LogP) is 2.76. The van der Waals surface area contributed by atoms with E-state index in [-0.39, 0.29) is 10.9 Å². The summed E-state index contributed by atoms with van der Waals surface area (Å²) in [6, 6.07) is 9.01. The molecule has 1 heterocycles. The molecule has 0 amide bonds. The van der Waals surface area contributed by atoms with Gasteiger partial charge in [0.25, 0.3) is 0 Å². The summed E-state index contributed by atoms with van der Waals surface area (Å²) in [6.45, 7) is 1.87. The van der Waals surface area contributed by atoms with E-state index < -0.39 is 0 Å². The number of para-hydroxylation sites is 1. The van der Waals surface area contributed by atoms with Crippen molar-refractivity contribution in [2.75, 3.05) is 0 Å². The van der Waals surface area contributed by atoms with Gasteiger partial charge in [-0.25, -0.2) is 0 Å². The van der Waals surface area contributed by atoms with E-state index in [9.17, 15) is 4.79 Å². The first-order chi connectivity index (χ1) is 6.70. The second-order valence-electron chi connectivity index (χ2n) is 3.18. The lowest BCUT2D eigenvalue weighted by Gasteiger charge is -2.11. The van der Waals surface area contributed by atoms with Crippen molar-refractivity contribution >= 4 is 22.5 Å². The van der Waals surface area contributed by atoms with E-state index in [1.807, 2.05) is 35.8 Å². The molecule has 2 rings (SSSR count). The molecular weight excluding hydrogens is 198 g/mol. The predicted molar refractivity (Wildman–Crippen MR) is 58.8 cm³/mol. The molecule has 0 saturated carbocycles. The quantitative estimate of drug-likeness (QED) is 0.660. The van der Waals surface area contributed by atoms with Gasteiger partial charge in [-0.15, -0.1) is 0 Å². The Labute approximate surface area is 86.7 Å². The zero-order valence-electron chi connectivity index (χ0n) is 7.77. The number of rotatable bonds is 1. The molecule has 0 aliphatic heterocycles. The standard InChI is InChI=1S/C11H10ClNO/c1-8(12)13-7-6-11(14)9-4-2-3-5-10(9)13/h2-8H,1H3. The van der Waals surface area contributed by atoms with Crippen LogP contribution in [0.2, 0.25) is 0 Å². The zero-order valence-corrected chi connectivity index (χ0v) is 8.53. The summed E-state index contributed by atoms with van der Waals surface area (Å²) in [5.41, 5.74) is 0.761. The number of nitrogens with zero attached hydrogens (tertiary/aromatic N) is 1. The summed E-state index contributed by atoms with van der Waals surface area (Å²) in [6.07, 6.45) is 1.72. The lowest BCUT2D eigenvalue weighted by Crippen LogP contribution is -2.08. The lowest BCUT2D eigenvalue weighted by atomic mass is 10.2. The molecule has 0 bridgehead atoms. The van der Waals surface area contributed by atoms with Crippen LogP contribution in [-0.2, 0) is 0 Å². The monoisotopic (exact) mass is 207 g/mol. The third-order valence-electron chi connectivity index (χ3n) is 2.22. The number of hydrogen-bond donors (Lipinski definition) is 0. The number of benzene rings is 1. The summed E-state index contributed by atoms with van der Waals surface area (Å²) >= 11 is 6.00. The molecule has 0 N–H and O–H groups in total. The van der Waals surface area contributed by atoms with Gasteiger partial charge < -0.3 is 4.57 Å². The van der Waals surface area contributed by atoms with E-state index in [1.165, 1.54) is 0 Å². The lowest BCUT2D eigenvalue weighted by molar-refractivity contribution is 0.752. The molecule has 3 heteroatoms. The smallest absolute Gasteiger partial charge is 0.189 e. The van der Waals surface area contributed by atoms with E-state index in [2.05, 4.69) is 0 Å². The highest BCUT2D eigenvalue weighted by Gasteiger charge is 2.04. The summed E-state index contributed by atoms with van der Waals surface area (Å²) in [5, 5.41) is 0.711. The van der Waals surface area contributed by atoms with Crippen LogP contribution in [0.5, 0.6) is 0 Å². The van der Waals surface area contributed by atoms with E-state index in [0.29, 0.717) is 5.39 Å². The second kappa shape index (κ2) is 3.46. The van der Waals surface area contributed by atoms with E-state index in [4.69, 9.17) is 11.6 Å². The van der Waals surface area contributed by atoms with Crippen LogP contribution in [-0.4, -0.2) is 4.57 Å². The zero-order chi connectivity index (χ0) is 10.1. The summed E-state index contributed by atoms with van der Waals surface area (Å²) < 4.78 is 1.87. The van der Waals surface area contributed by atoms with Gasteiger partial charge in [0.15, 0.2) is 5.43 Å². The van der Waals surface area contributed by atoms with Gasteiger partial charge in [-0.2, -0.15) is 0 Å². The molecule has 0 spiro atoms. The van der Waals surface area contributed by atoms with Gasteiger partial charge in [0.2, 0.25) is 0 Å². The normalized spacial score (nSPS) is 13.0. The summed E-state index contributed by atoms with van der Waals surface area (Å²) in [5.74, 6) is 0. The van der Waals surface area contributed by atoms with Crippen LogP contribution >= 0.6 is 11.6 Å². The highest BCUT2D eigenvalue weighted by atomic mass is 35.5. The van der Waals surface area contributed by atoms with Crippen LogP contribution in [0, 0.1) is 0 Å². The van der Waals surface area contributed by atoms with Crippen molar-refractivity contribution in [1.29, 1.82) is 0 Å². The van der Waals surface area contributed by atoms with Crippen LogP contribution in [0.25, 0.3) is 10.9 Å². The van der Waals surface area contributed by atoms with Crippen molar-refractivity contribution in [3.05, 3.63) is 46.8 Å². The van der Waals surface area contributed by atoms with Gasteiger partial charge >= 0.3 is 0 Å². The van der Waals surface area contributed by atoms with E-state index in [1.54, 1.807) is 12.3 Å². The number of pyridine rings is 1. The Bertz CT molecular complexity index is 516. The third kappa shape index (κ3) is 1.42. The fraction of sp³-hybridized carbons (Fsp3) is 0.182. The molecule has 1 aromatic carbocycles. The molecule has 0 aliphatic rings. The van der Waals surface area contributed by atoms with Crippen molar-refractivity contribution in [3.63, 3.8) is 0 Å². The summed E-state index contributed by atoms with van der Waals surface area (Å²) in [4.78, 5) is 11.5. The molecule has 0 fully saturated rings. The molecule has 0 radical (unpaired) electrons. The van der Waals surface area contributed by atoms with Crippen molar-refractivity contribution in [1.82, 2.24) is 4.57 Å². The molecular formula is C11H10ClNO. The molecule has 0 saturated heterocycles. The average molecular weight is 208 g/mol. The number of halogens is 1. The minimum atomic E-state index is -0.152. The van der Waals surface area contributed by atoms with Crippen molar-refractivity contribution in [3.8, 4) is 0 Å². The first-order valence-corrected chi connectivity index (χ1v) is 4.88. The fourth-order valence-corrected chi connectivity index (χ4v) is 1.71. The van der Waals surface area contributed by atoms with Gasteiger partial charge in [0.05, 0.1) is 5.52 Å². The van der Waals surface area contributed by atoms with Crippen molar-refractivity contribution < 1.29 is 0 Å².